The molecule has 1 aromatic carbocycles. The molecule has 0 aliphatic carbocycles. The summed E-state index contributed by atoms with van der Waals surface area (Å²) in [4.78, 5) is 36.6. The van der Waals surface area contributed by atoms with E-state index >= 15 is 0 Å². The Kier molecular flexibility index (Phi) is 7.46. The van der Waals surface area contributed by atoms with Crippen molar-refractivity contribution in [3.8, 4) is 0 Å². The second-order valence-electron chi connectivity index (χ2n) is 6.57. The van der Waals surface area contributed by atoms with Crippen molar-refractivity contribution in [2.75, 3.05) is 13.2 Å². The normalized spacial score (nSPS) is 21.0. The van der Waals surface area contributed by atoms with Gasteiger partial charge in [0.2, 0.25) is 0 Å². The highest BCUT2D eigenvalue weighted by Gasteiger charge is 2.36. The number of ether oxygens (including phenoxy) is 1. The van der Waals surface area contributed by atoms with Gasteiger partial charge in [0, 0.05) is 0 Å². The van der Waals surface area contributed by atoms with Gasteiger partial charge in [-0.3, -0.25) is 25.0 Å². The molecule has 1 aliphatic heterocycles. The molecule has 0 fully saturated rings. The minimum Gasteiger partial charge on any atom is -0.480 e. The van der Waals surface area contributed by atoms with Gasteiger partial charge in [-0.05, 0) is 44.4 Å². The van der Waals surface area contributed by atoms with Gasteiger partial charge in [0.05, 0.1) is 18.7 Å². The van der Waals surface area contributed by atoms with Gasteiger partial charge in [-0.1, -0.05) is 24.3 Å². The van der Waals surface area contributed by atoms with Crippen LogP contribution in [0, 0.1) is 0 Å². The van der Waals surface area contributed by atoms with Crippen LogP contribution in [0.4, 0.5) is 0 Å². The molecule has 2 rings (SSSR count). The molecular weight excluding hydrogens is 350 g/mol. The van der Waals surface area contributed by atoms with E-state index < -0.39 is 36.1 Å². The number of carboxylic acid groups (broad SMARTS) is 1. The van der Waals surface area contributed by atoms with Crippen LogP contribution in [0.2, 0.25) is 0 Å². The summed E-state index contributed by atoms with van der Waals surface area (Å²) in [5, 5.41) is 15.3. The summed E-state index contributed by atoms with van der Waals surface area (Å²) in [6, 6.07) is 4.30. The molecule has 8 nitrogen and oxygen atoms in total. The van der Waals surface area contributed by atoms with Crippen molar-refractivity contribution in [2.45, 2.75) is 50.9 Å². The summed E-state index contributed by atoms with van der Waals surface area (Å²) in [6.07, 6.45) is 0.651. The first-order chi connectivity index (χ1) is 12.9. The topological polar surface area (TPSA) is 131 Å². The Morgan fingerprint density at radius 2 is 2.07 bits per heavy atom. The fraction of sp³-hybridized carbons (Fsp3) is 0.526. The molecular formula is C19H27N3O5. The molecule has 0 spiro atoms. The van der Waals surface area contributed by atoms with E-state index in [1.54, 1.807) is 13.8 Å². The van der Waals surface area contributed by atoms with Crippen LogP contribution < -0.4 is 16.4 Å². The standard InChI is InChI=1S/C19H27N3O5/c1-3-27-19(26)14(8-9-20)21-11(2)17(23)16-13-7-5-4-6-12(13)10-15(22-16)18(24)25/h4-7,11,14-16,21-22H,3,8-10,20H2,1-2H3,(H,24,25)/t11-,14?,15?,16?/m0/s1. The number of hydrogen-bond donors (Lipinski definition) is 4. The highest BCUT2D eigenvalue weighted by molar-refractivity contribution is 5.92. The summed E-state index contributed by atoms with van der Waals surface area (Å²) < 4.78 is 5.03. The van der Waals surface area contributed by atoms with Gasteiger partial charge in [0.1, 0.15) is 12.1 Å². The summed E-state index contributed by atoms with van der Waals surface area (Å²) in [7, 11) is 0. The highest BCUT2D eigenvalue weighted by atomic mass is 16.5. The number of aliphatic carboxylic acids is 1. The van der Waals surface area contributed by atoms with E-state index in [9.17, 15) is 19.5 Å². The molecule has 0 saturated carbocycles. The average molecular weight is 377 g/mol. The molecule has 0 radical (unpaired) electrons. The maximum atomic E-state index is 13.0. The summed E-state index contributed by atoms with van der Waals surface area (Å²) in [6.45, 7) is 3.87. The van der Waals surface area contributed by atoms with Crippen molar-refractivity contribution in [1.82, 2.24) is 10.6 Å². The first kappa shape index (κ1) is 21.0. The summed E-state index contributed by atoms with van der Waals surface area (Å²) >= 11 is 0. The SMILES string of the molecule is CCOC(=O)C(CCN)N[C@@H](C)C(=O)C1NC(C(=O)O)Cc2ccccc21. The van der Waals surface area contributed by atoms with Crippen LogP contribution in [-0.2, 0) is 25.5 Å². The van der Waals surface area contributed by atoms with Crippen LogP contribution >= 0.6 is 0 Å². The monoisotopic (exact) mass is 377 g/mol. The number of carboxylic acids is 1. The number of carbonyl (C=O) groups is 3. The summed E-state index contributed by atoms with van der Waals surface area (Å²) in [5.74, 6) is -1.70. The highest BCUT2D eigenvalue weighted by Crippen LogP contribution is 2.27. The molecule has 8 heteroatoms. The van der Waals surface area contributed by atoms with Crippen LogP contribution in [0.15, 0.2) is 24.3 Å². The molecule has 0 aromatic heterocycles. The fourth-order valence-electron chi connectivity index (χ4n) is 3.28. The van der Waals surface area contributed by atoms with E-state index in [4.69, 9.17) is 10.5 Å². The lowest BCUT2D eigenvalue weighted by Crippen LogP contribution is -2.53. The first-order valence-electron chi connectivity index (χ1n) is 9.12. The predicted molar refractivity (Wildman–Crippen MR) is 99.1 cm³/mol. The Bertz CT molecular complexity index is 694. The van der Waals surface area contributed by atoms with Crippen molar-refractivity contribution in [1.29, 1.82) is 0 Å². The van der Waals surface area contributed by atoms with E-state index in [0.717, 1.165) is 11.1 Å². The van der Waals surface area contributed by atoms with Gasteiger partial charge in [0.15, 0.2) is 5.78 Å². The number of Topliss-reactive ketones (excluding diaryl/α,β-unsaturated/α-hetero) is 1. The number of esters is 1. The molecule has 0 amide bonds. The van der Waals surface area contributed by atoms with Crippen molar-refractivity contribution in [3.05, 3.63) is 35.4 Å². The van der Waals surface area contributed by atoms with Crippen LogP contribution in [0.1, 0.15) is 37.4 Å². The van der Waals surface area contributed by atoms with Gasteiger partial charge in [-0.15, -0.1) is 0 Å². The number of rotatable bonds is 9. The molecule has 27 heavy (non-hydrogen) atoms. The number of nitrogens with two attached hydrogens (primary N) is 1. The maximum Gasteiger partial charge on any atom is 0.323 e. The van der Waals surface area contributed by atoms with Gasteiger partial charge in [0.25, 0.3) is 0 Å². The van der Waals surface area contributed by atoms with E-state index in [1.165, 1.54) is 0 Å². The molecule has 1 aromatic rings. The van der Waals surface area contributed by atoms with Gasteiger partial charge >= 0.3 is 11.9 Å². The van der Waals surface area contributed by atoms with Crippen molar-refractivity contribution in [2.24, 2.45) is 5.73 Å². The lowest BCUT2D eigenvalue weighted by molar-refractivity contribution is -0.146. The molecule has 1 aliphatic rings. The van der Waals surface area contributed by atoms with E-state index in [2.05, 4.69) is 10.6 Å². The number of ketones is 1. The number of nitrogens with one attached hydrogen (secondary N) is 2. The van der Waals surface area contributed by atoms with Gasteiger partial charge in [-0.25, -0.2) is 0 Å². The third kappa shape index (κ3) is 5.12. The molecule has 4 atom stereocenters. The average Bonchev–Trinajstić information content (AvgIpc) is 2.66. The number of carbonyl (C=O) groups excluding carboxylic acids is 2. The molecule has 3 unspecified atom stereocenters. The zero-order chi connectivity index (χ0) is 20.0. The first-order valence-corrected chi connectivity index (χ1v) is 9.12. The van der Waals surface area contributed by atoms with Gasteiger partial charge < -0.3 is 15.6 Å². The predicted octanol–water partition coefficient (Wildman–Crippen LogP) is 0.154. The zero-order valence-electron chi connectivity index (χ0n) is 15.6. The number of benzene rings is 1. The van der Waals surface area contributed by atoms with E-state index in [0.29, 0.717) is 12.8 Å². The van der Waals surface area contributed by atoms with Crippen LogP contribution in [0.5, 0.6) is 0 Å². The Hall–Kier alpha value is -2.29. The quantitative estimate of drug-likeness (QED) is 0.448. The van der Waals surface area contributed by atoms with Crippen LogP contribution in [-0.4, -0.2) is 54.1 Å². The molecule has 5 N–H and O–H groups in total. The largest absolute Gasteiger partial charge is 0.480 e. The summed E-state index contributed by atoms with van der Waals surface area (Å²) in [5.41, 5.74) is 7.16. The minimum absolute atomic E-state index is 0.236. The van der Waals surface area contributed by atoms with Crippen molar-refractivity contribution < 1.29 is 24.2 Å². The van der Waals surface area contributed by atoms with Crippen molar-refractivity contribution >= 4 is 17.7 Å². The van der Waals surface area contributed by atoms with E-state index in [-0.39, 0.29) is 18.9 Å². The Labute approximate surface area is 158 Å². The zero-order valence-corrected chi connectivity index (χ0v) is 15.6. The van der Waals surface area contributed by atoms with Crippen LogP contribution in [0.25, 0.3) is 0 Å². The van der Waals surface area contributed by atoms with Crippen LogP contribution in [0.3, 0.4) is 0 Å². The molecule has 148 valence electrons. The molecule has 0 bridgehead atoms. The smallest absolute Gasteiger partial charge is 0.323 e. The maximum absolute atomic E-state index is 13.0. The molecule has 1 heterocycles. The third-order valence-corrected chi connectivity index (χ3v) is 4.65. The number of hydrogen-bond acceptors (Lipinski definition) is 7. The Morgan fingerprint density at radius 3 is 2.70 bits per heavy atom. The fourth-order valence-corrected chi connectivity index (χ4v) is 3.28. The van der Waals surface area contributed by atoms with E-state index in [1.807, 2.05) is 24.3 Å². The second kappa shape index (κ2) is 9.59. The third-order valence-electron chi connectivity index (χ3n) is 4.65. The number of fused-ring (bicyclic) bond motifs is 1. The van der Waals surface area contributed by atoms with Gasteiger partial charge in [-0.2, -0.15) is 0 Å². The second-order valence-corrected chi connectivity index (χ2v) is 6.57. The Morgan fingerprint density at radius 1 is 1.37 bits per heavy atom. The Balaban J connectivity index is 2.19. The lowest BCUT2D eigenvalue weighted by Gasteiger charge is -2.32. The minimum atomic E-state index is -1.00. The lowest BCUT2D eigenvalue weighted by atomic mass is 9.86. The van der Waals surface area contributed by atoms with Crippen molar-refractivity contribution in [3.63, 3.8) is 0 Å². The molecule has 0 saturated heterocycles.